The lowest BCUT2D eigenvalue weighted by molar-refractivity contribution is -0.955. The second kappa shape index (κ2) is 10.5. The van der Waals surface area contributed by atoms with Crippen LogP contribution in [0, 0.1) is 18.3 Å². The molecule has 0 bridgehead atoms. The predicted molar refractivity (Wildman–Crippen MR) is 148 cm³/mol. The van der Waals surface area contributed by atoms with Crippen LogP contribution in [0.3, 0.4) is 0 Å². The summed E-state index contributed by atoms with van der Waals surface area (Å²) in [6.07, 6.45) is 1.68. The Labute approximate surface area is 226 Å². The van der Waals surface area contributed by atoms with Crippen molar-refractivity contribution in [3.05, 3.63) is 77.0 Å². The molecular weight excluding hydrogens is 508 g/mol. The zero-order valence-electron chi connectivity index (χ0n) is 21.0. The summed E-state index contributed by atoms with van der Waals surface area (Å²) in [5.41, 5.74) is 8.62. The van der Waals surface area contributed by atoms with Crippen LogP contribution in [0.15, 0.2) is 54.7 Å². The fourth-order valence-corrected chi connectivity index (χ4v) is 4.28. The first-order valence-corrected chi connectivity index (χ1v) is 12.5. The molecule has 2 aromatic carbocycles. The van der Waals surface area contributed by atoms with Gasteiger partial charge in [0.15, 0.2) is 11.5 Å². The number of benzene rings is 2. The third-order valence-corrected chi connectivity index (χ3v) is 6.33. The second-order valence-corrected chi connectivity index (χ2v) is 10.5. The normalized spacial score (nSPS) is 13.1. The summed E-state index contributed by atoms with van der Waals surface area (Å²) >= 11 is 9.75. The largest absolute Gasteiger partial charge is 0.491 e. The highest BCUT2D eigenvalue weighted by Gasteiger charge is 2.25. The number of pyridine rings is 1. The molecule has 0 saturated heterocycles. The SMILES string of the molecule is Cc1cc(C(C)(C)c2ccc(-c3cnc4nc(N[N+](C)(O)S)ccc4n3)cc2)cc(C#N)c1OCCCl. The molecule has 0 spiro atoms. The van der Waals surface area contributed by atoms with E-state index < -0.39 is 4.16 Å². The number of thiol groups is 1. The Morgan fingerprint density at radius 3 is 2.51 bits per heavy atom. The molecule has 37 heavy (non-hydrogen) atoms. The highest BCUT2D eigenvalue weighted by atomic mass is 35.5. The quantitative estimate of drug-likeness (QED) is 0.113. The van der Waals surface area contributed by atoms with Crippen molar-refractivity contribution < 1.29 is 14.1 Å². The second-order valence-electron chi connectivity index (χ2n) is 9.34. The fraction of sp³-hybridized carbons (Fsp3) is 0.259. The van der Waals surface area contributed by atoms with E-state index in [1.165, 1.54) is 7.05 Å². The number of anilines is 1. The minimum Gasteiger partial charge on any atom is -0.491 e. The van der Waals surface area contributed by atoms with Crippen LogP contribution in [0.1, 0.15) is 36.1 Å². The number of alkyl halides is 1. The Morgan fingerprint density at radius 2 is 1.86 bits per heavy atom. The molecule has 8 nitrogen and oxygen atoms in total. The molecular formula is C27H28ClN6O2S+. The number of hydroxylamine groups is 1. The zero-order valence-corrected chi connectivity index (χ0v) is 22.7. The van der Waals surface area contributed by atoms with Gasteiger partial charge in [-0.15, -0.1) is 11.6 Å². The Bertz CT molecular complexity index is 1480. The lowest BCUT2D eigenvalue weighted by Crippen LogP contribution is -2.35. The highest BCUT2D eigenvalue weighted by Crippen LogP contribution is 2.36. The van der Waals surface area contributed by atoms with Gasteiger partial charge in [0.05, 0.1) is 23.3 Å². The molecule has 10 heteroatoms. The van der Waals surface area contributed by atoms with Gasteiger partial charge in [0.2, 0.25) is 0 Å². The summed E-state index contributed by atoms with van der Waals surface area (Å²) in [4.78, 5) is 13.5. The van der Waals surface area contributed by atoms with Crippen LogP contribution in [-0.2, 0) is 5.41 Å². The van der Waals surface area contributed by atoms with Gasteiger partial charge in [0.25, 0.3) is 0 Å². The summed E-state index contributed by atoms with van der Waals surface area (Å²) in [6.45, 7) is 6.56. The van der Waals surface area contributed by atoms with Gasteiger partial charge in [-0.25, -0.2) is 15.0 Å². The Hall–Kier alpha value is -3.42. The van der Waals surface area contributed by atoms with Crippen LogP contribution in [0.25, 0.3) is 22.4 Å². The average Bonchev–Trinajstić information content (AvgIpc) is 2.86. The molecule has 0 aliphatic carbocycles. The maximum absolute atomic E-state index is 9.76. The van der Waals surface area contributed by atoms with Crippen LogP contribution in [0.5, 0.6) is 5.75 Å². The van der Waals surface area contributed by atoms with Crippen molar-refractivity contribution in [2.75, 3.05) is 25.0 Å². The number of nitriles is 1. The van der Waals surface area contributed by atoms with E-state index in [1.807, 2.05) is 25.1 Å². The summed E-state index contributed by atoms with van der Waals surface area (Å²) in [6, 6.07) is 17.9. The van der Waals surface area contributed by atoms with Gasteiger partial charge in [0.1, 0.15) is 43.8 Å². The van der Waals surface area contributed by atoms with Crippen LogP contribution in [-0.4, -0.2) is 43.9 Å². The molecule has 0 aliphatic heterocycles. The van der Waals surface area contributed by atoms with E-state index >= 15 is 0 Å². The van der Waals surface area contributed by atoms with Gasteiger partial charge >= 0.3 is 0 Å². The van der Waals surface area contributed by atoms with E-state index in [9.17, 15) is 10.5 Å². The number of aromatic nitrogens is 3. The van der Waals surface area contributed by atoms with Crippen LogP contribution in [0.4, 0.5) is 5.82 Å². The lowest BCUT2D eigenvalue weighted by Gasteiger charge is -2.27. The third kappa shape index (κ3) is 5.95. The van der Waals surface area contributed by atoms with Crippen LogP contribution >= 0.6 is 24.4 Å². The minimum atomic E-state index is -0.754. The Morgan fingerprint density at radius 1 is 1.14 bits per heavy atom. The Balaban J connectivity index is 1.61. The van der Waals surface area contributed by atoms with Gasteiger partial charge in [-0.05, 0) is 46.0 Å². The van der Waals surface area contributed by atoms with E-state index in [2.05, 4.69) is 66.3 Å². The van der Waals surface area contributed by atoms with Crippen molar-refractivity contribution in [3.8, 4) is 23.1 Å². The zero-order chi connectivity index (χ0) is 26.8. The maximum atomic E-state index is 9.76. The van der Waals surface area contributed by atoms with Gasteiger partial charge in [-0.2, -0.15) is 15.9 Å². The minimum absolute atomic E-state index is 0.351. The van der Waals surface area contributed by atoms with E-state index in [0.29, 0.717) is 40.8 Å². The molecule has 0 saturated carbocycles. The average molecular weight is 536 g/mol. The highest BCUT2D eigenvalue weighted by molar-refractivity contribution is 7.74. The van der Waals surface area contributed by atoms with Gasteiger partial charge in [0, 0.05) is 11.0 Å². The van der Waals surface area contributed by atoms with Crippen molar-refractivity contribution in [2.45, 2.75) is 26.2 Å². The number of nitrogens with one attached hydrogen (secondary N) is 1. The fourth-order valence-electron chi connectivity index (χ4n) is 4.10. The number of quaternary nitrogens is 1. The number of halogens is 1. The van der Waals surface area contributed by atoms with E-state index in [-0.39, 0.29) is 5.41 Å². The Kier molecular flexibility index (Phi) is 7.57. The molecule has 1 atom stereocenters. The molecule has 2 heterocycles. The first kappa shape index (κ1) is 26.6. The number of ether oxygens (including phenoxy) is 1. The molecule has 190 valence electrons. The summed E-state index contributed by atoms with van der Waals surface area (Å²) in [5, 5.41) is 19.5. The maximum Gasteiger partial charge on any atom is 0.180 e. The number of hydrogen-bond donors (Lipinski definition) is 3. The molecule has 0 radical (unpaired) electrons. The van der Waals surface area contributed by atoms with E-state index in [0.717, 1.165) is 27.9 Å². The molecule has 2 aromatic heterocycles. The first-order valence-electron chi connectivity index (χ1n) is 11.6. The van der Waals surface area contributed by atoms with Crippen molar-refractivity contribution >= 4 is 41.4 Å². The van der Waals surface area contributed by atoms with Crippen molar-refractivity contribution in [3.63, 3.8) is 0 Å². The van der Waals surface area contributed by atoms with Gasteiger partial charge in [-0.3, -0.25) is 0 Å². The summed E-state index contributed by atoms with van der Waals surface area (Å²) < 4.78 is 4.96. The molecule has 2 N–H and O–H groups in total. The monoisotopic (exact) mass is 535 g/mol. The van der Waals surface area contributed by atoms with Crippen LogP contribution < -0.4 is 10.2 Å². The van der Waals surface area contributed by atoms with Crippen molar-refractivity contribution in [1.29, 1.82) is 5.26 Å². The number of nitrogens with zero attached hydrogens (tertiary/aromatic N) is 5. The topological polar surface area (TPSA) is 104 Å². The molecule has 0 amide bonds. The third-order valence-electron chi connectivity index (χ3n) is 6.07. The summed E-state index contributed by atoms with van der Waals surface area (Å²) in [5.74, 6) is 1.37. The standard InChI is InChI=1S/C27H28ClN6O2S/c1-17-13-21(14-19(15-29)25(17)36-12-11-28)27(2,3)20-7-5-18(6-8-20)23-16-30-26-22(31-23)9-10-24(32-26)33-34(4,35)37/h5-10,13-14,16,35,37H,11-12H2,1-4H3,(H,30,32,33)/q+1. The number of aryl methyl sites for hydroxylation is 1. The number of hydrogen-bond acceptors (Lipinski definition) is 8. The number of fused-ring (bicyclic) bond motifs is 1. The van der Waals surface area contributed by atoms with Gasteiger partial charge < -0.3 is 4.74 Å². The molecule has 1 unspecified atom stereocenters. The van der Waals surface area contributed by atoms with E-state index in [4.69, 9.17) is 21.3 Å². The summed E-state index contributed by atoms with van der Waals surface area (Å²) in [7, 11) is 1.45. The number of rotatable bonds is 8. The van der Waals surface area contributed by atoms with Crippen LogP contribution in [0.2, 0.25) is 0 Å². The molecule has 0 aliphatic rings. The lowest BCUT2D eigenvalue weighted by atomic mass is 9.77. The van der Waals surface area contributed by atoms with Crippen molar-refractivity contribution in [2.24, 2.45) is 0 Å². The van der Waals surface area contributed by atoms with E-state index in [1.54, 1.807) is 18.3 Å². The van der Waals surface area contributed by atoms with Gasteiger partial charge in [-0.1, -0.05) is 44.2 Å². The predicted octanol–water partition coefficient (Wildman–Crippen LogP) is 5.82. The molecule has 0 fully saturated rings. The molecule has 4 aromatic rings. The smallest absolute Gasteiger partial charge is 0.180 e. The molecule has 4 rings (SSSR count). The van der Waals surface area contributed by atoms with Crippen molar-refractivity contribution in [1.82, 2.24) is 15.0 Å². The first-order chi connectivity index (χ1) is 17.5.